The molecule has 1 aliphatic heterocycles. The number of hydrogen-bond acceptors (Lipinski definition) is 4. The molecule has 1 unspecified atom stereocenters. The van der Waals surface area contributed by atoms with Gasteiger partial charge >= 0.3 is 0 Å². The van der Waals surface area contributed by atoms with Gasteiger partial charge < -0.3 is 15.5 Å². The molecule has 1 aromatic rings. The fourth-order valence-corrected chi connectivity index (χ4v) is 2.46. The van der Waals surface area contributed by atoms with Gasteiger partial charge in [-0.15, -0.1) is 0 Å². The highest BCUT2D eigenvalue weighted by atomic mass is 16.3. The van der Waals surface area contributed by atoms with Crippen LogP contribution in [0.5, 0.6) is 0 Å². The Morgan fingerprint density at radius 2 is 2.26 bits per heavy atom. The first-order chi connectivity index (χ1) is 9.22. The summed E-state index contributed by atoms with van der Waals surface area (Å²) in [6, 6.07) is 3.55. The number of rotatable bonds is 6. The van der Waals surface area contributed by atoms with Gasteiger partial charge in [0.2, 0.25) is 5.91 Å². The number of likely N-dealkylation sites (tertiary alicyclic amines) is 1. The lowest BCUT2D eigenvalue weighted by Crippen LogP contribution is -2.44. The molecule has 0 aliphatic carbocycles. The van der Waals surface area contributed by atoms with Crippen molar-refractivity contribution in [2.24, 2.45) is 5.73 Å². The first-order valence-corrected chi connectivity index (χ1v) is 7.03. The maximum absolute atomic E-state index is 11.8. The third-order valence-corrected chi connectivity index (χ3v) is 3.70. The lowest BCUT2D eigenvalue weighted by atomic mass is 10.1. The summed E-state index contributed by atoms with van der Waals surface area (Å²) < 4.78 is 5.50. The molecule has 1 aromatic heterocycles. The van der Waals surface area contributed by atoms with Crippen molar-refractivity contribution in [1.29, 1.82) is 0 Å². The molecule has 0 bridgehead atoms. The van der Waals surface area contributed by atoms with Crippen molar-refractivity contribution in [3.8, 4) is 0 Å². The predicted octanol–water partition coefficient (Wildman–Crippen LogP) is 1.27. The van der Waals surface area contributed by atoms with Crippen LogP contribution in [0.25, 0.3) is 0 Å². The van der Waals surface area contributed by atoms with Gasteiger partial charge in [-0.2, -0.15) is 0 Å². The topological polar surface area (TPSA) is 71.5 Å². The van der Waals surface area contributed by atoms with Crippen molar-refractivity contribution in [3.63, 3.8) is 0 Å². The number of nitrogens with one attached hydrogen (secondary N) is 1. The maximum atomic E-state index is 11.8. The number of hydrogen-bond donors (Lipinski definition) is 2. The van der Waals surface area contributed by atoms with Crippen LogP contribution in [-0.4, -0.2) is 36.5 Å². The minimum Gasteiger partial charge on any atom is -0.468 e. The van der Waals surface area contributed by atoms with Gasteiger partial charge in [-0.1, -0.05) is 6.92 Å². The molecule has 0 aromatic carbocycles. The van der Waals surface area contributed by atoms with E-state index >= 15 is 0 Å². The maximum Gasteiger partial charge on any atom is 0.236 e. The molecule has 1 aliphatic rings. The minimum absolute atomic E-state index is 0.0850. The summed E-state index contributed by atoms with van der Waals surface area (Å²) in [5.74, 6) is 0.825. The summed E-state index contributed by atoms with van der Waals surface area (Å²) in [6.07, 6.45) is 4.75. The monoisotopic (exact) mass is 265 g/mol. The smallest absolute Gasteiger partial charge is 0.236 e. The van der Waals surface area contributed by atoms with Gasteiger partial charge in [0.25, 0.3) is 0 Å². The molecule has 1 amide bonds. The first kappa shape index (κ1) is 14.1. The second-order valence-electron chi connectivity index (χ2n) is 5.03. The van der Waals surface area contributed by atoms with Crippen LogP contribution < -0.4 is 11.1 Å². The summed E-state index contributed by atoms with van der Waals surface area (Å²) in [5, 5.41) is 2.93. The average Bonchev–Trinajstić information content (AvgIpc) is 3.11. The van der Waals surface area contributed by atoms with Crippen molar-refractivity contribution in [2.45, 2.75) is 38.3 Å². The standard InChI is InChI=1S/C14H23N3O2/c1-2-11(15)14(18)16-10-12(13-6-5-9-19-13)17-7-3-4-8-17/h5-6,9,11-12H,2-4,7-8,10,15H2,1H3,(H,16,18)/t11-,12?/m1/s1. The fraction of sp³-hybridized carbons (Fsp3) is 0.643. The van der Waals surface area contributed by atoms with Crippen molar-refractivity contribution in [1.82, 2.24) is 10.2 Å². The Morgan fingerprint density at radius 3 is 2.84 bits per heavy atom. The first-order valence-electron chi connectivity index (χ1n) is 7.03. The van der Waals surface area contributed by atoms with Gasteiger partial charge in [0, 0.05) is 6.54 Å². The van der Waals surface area contributed by atoms with Crippen LogP contribution >= 0.6 is 0 Å². The highest BCUT2D eigenvalue weighted by Gasteiger charge is 2.26. The Balaban J connectivity index is 1.96. The van der Waals surface area contributed by atoms with E-state index in [4.69, 9.17) is 10.2 Å². The van der Waals surface area contributed by atoms with E-state index in [1.165, 1.54) is 12.8 Å². The third kappa shape index (κ3) is 3.58. The molecule has 19 heavy (non-hydrogen) atoms. The molecule has 0 saturated carbocycles. The molecular formula is C14H23N3O2. The van der Waals surface area contributed by atoms with Crippen molar-refractivity contribution in [3.05, 3.63) is 24.2 Å². The molecule has 1 saturated heterocycles. The van der Waals surface area contributed by atoms with Crippen LogP contribution in [0.15, 0.2) is 22.8 Å². The van der Waals surface area contributed by atoms with Gasteiger partial charge in [-0.05, 0) is 44.5 Å². The highest BCUT2D eigenvalue weighted by Crippen LogP contribution is 2.24. The molecular weight excluding hydrogens is 242 g/mol. The van der Waals surface area contributed by atoms with E-state index in [9.17, 15) is 4.79 Å². The van der Waals surface area contributed by atoms with Gasteiger partial charge in [0.1, 0.15) is 5.76 Å². The van der Waals surface area contributed by atoms with Gasteiger partial charge in [0.05, 0.1) is 18.3 Å². The van der Waals surface area contributed by atoms with Crippen molar-refractivity contribution >= 4 is 5.91 Å². The zero-order valence-corrected chi connectivity index (χ0v) is 11.5. The van der Waals surface area contributed by atoms with Crippen LogP contribution in [0.1, 0.15) is 38.0 Å². The summed E-state index contributed by atoms with van der Waals surface area (Å²) in [6.45, 7) is 4.58. The Morgan fingerprint density at radius 1 is 1.53 bits per heavy atom. The Labute approximate surface area is 114 Å². The Bertz CT molecular complexity index is 385. The van der Waals surface area contributed by atoms with Crippen molar-refractivity contribution < 1.29 is 9.21 Å². The molecule has 2 atom stereocenters. The van der Waals surface area contributed by atoms with Crippen LogP contribution in [0.2, 0.25) is 0 Å². The molecule has 2 rings (SSSR count). The normalized spacial score (nSPS) is 19.3. The van der Waals surface area contributed by atoms with Crippen LogP contribution in [0, 0.1) is 0 Å². The summed E-state index contributed by atoms with van der Waals surface area (Å²) in [5.41, 5.74) is 5.73. The molecule has 3 N–H and O–H groups in total. The van der Waals surface area contributed by atoms with E-state index < -0.39 is 6.04 Å². The van der Waals surface area contributed by atoms with E-state index in [0.29, 0.717) is 13.0 Å². The molecule has 0 radical (unpaired) electrons. The number of furan rings is 1. The minimum atomic E-state index is -0.421. The number of nitrogens with zero attached hydrogens (tertiary/aromatic N) is 1. The number of amides is 1. The molecule has 0 spiro atoms. The van der Waals surface area contributed by atoms with E-state index in [1.807, 2.05) is 19.1 Å². The lowest BCUT2D eigenvalue weighted by Gasteiger charge is -2.26. The zero-order valence-electron chi connectivity index (χ0n) is 11.5. The summed E-state index contributed by atoms with van der Waals surface area (Å²) in [4.78, 5) is 14.1. The van der Waals surface area contributed by atoms with Gasteiger partial charge in [-0.3, -0.25) is 9.69 Å². The fourth-order valence-electron chi connectivity index (χ4n) is 2.46. The van der Waals surface area contributed by atoms with Crippen LogP contribution in [-0.2, 0) is 4.79 Å². The largest absolute Gasteiger partial charge is 0.468 e. The third-order valence-electron chi connectivity index (χ3n) is 3.70. The van der Waals surface area contributed by atoms with Gasteiger partial charge in [0.15, 0.2) is 0 Å². The van der Waals surface area contributed by atoms with E-state index in [2.05, 4.69) is 10.2 Å². The predicted molar refractivity (Wildman–Crippen MR) is 73.5 cm³/mol. The molecule has 5 heteroatoms. The van der Waals surface area contributed by atoms with Crippen molar-refractivity contribution in [2.75, 3.05) is 19.6 Å². The summed E-state index contributed by atoms with van der Waals surface area (Å²) >= 11 is 0. The second kappa shape index (κ2) is 6.73. The molecule has 2 heterocycles. The number of nitrogens with two attached hydrogens (primary N) is 1. The quantitative estimate of drug-likeness (QED) is 0.812. The second-order valence-corrected chi connectivity index (χ2v) is 5.03. The van der Waals surface area contributed by atoms with E-state index in [0.717, 1.165) is 18.8 Å². The van der Waals surface area contributed by atoms with Gasteiger partial charge in [-0.25, -0.2) is 0 Å². The molecule has 5 nitrogen and oxygen atoms in total. The van der Waals surface area contributed by atoms with E-state index in [-0.39, 0.29) is 11.9 Å². The van der Waals surface area contributed by atoms with E-state index in [1.54, 1.807) is 6.26 Å². The van der Waals surface area contributed by atoms with Crippen LogP contribution in [0.3, 0.4) is 0 Å². The lowest BCUT2D eigenvalue weighted by molar-refractivity contribution is -0.122. The number of carbonyl (C=O) groups excluding carboxylic acids is 1. The Kier molecular flexibility index (Phi) is 4.99. The highest BCUT2D eigenvalue weighted by molar-refractivity contribution is 5.81. The molecule has 1 fully saturated rings. The average molecular weight is 265 g/mol. The summed E-state index contributed by atoms with van der Waals surface area (Å²) in [7, 11) is 0. The zero-order chi connectivity index (χ0) is 13.7. The number of carbonyl (C=O) groups is 1. The molecule has 106 valence electrons. The SMILES string of the molecule is CC[C@@H](N)C(=O)NCC(c1ccco1)N1CCCC1. The Hall–Kier alpha value is -1.33. The van der Waals surface area contributed by atoms with Crippen LogP contribution in [0.4, 0.5) is 0 Å².